The van der Waals surface area contributed by atoms with Crippen molar-refractivity contribution in [2.45, 2.75) is 45.4 Å². The average Bonchev–Trinajstić information content (AvgIpc) is 3.23. The van der Waals surface area contributed by atoms with Crippen LogP contribution in [0.1, 0.15) is 45.4 Å². The monoisotopic (exact) mass is 357 g/mol. The highest BCUT2D eigenvalue weighted by molar-refractivity contribution is 5.79. The van der Waals surface area contributed by atoms with Gasteiger partial charge < -0.3 is 14.7 Å². The maximum absolute atomic E-state index is 12.8. The smallest absolute Gasteiger partial charge is 0.225 e. The van der Waals surface area contributed by atoms with Crippen LogP contribution in [-0.2, 0) is 4.79 Å². The van der Waals surface area contributed by atoms with Crippen LogP contribution in [0.2, 0.25) is 0 Å². The molecule has 0 unspecified atom stereocenters. The Morgan fingerprint density at radius 3 is 2.12 bits per heavy atom. The molecule has 0 N–H and O–H groups in total. The van der Waals surface area contributed by atoms with E-state index in [9.17, 15) is 4.79 Å². The normalized spacial score (nSPS) is 22.9. The number of hydrogen-bond donors (Lipinski definition) is 0. The van der Waals surface area contributed by atoms with Gasteiger partial charge in [0.15, 0.2) is 0 Å². The van der Waals surface area contributed by atoms with E-state index < -0.39 is 0 Å². The molecule has 0 aliphatic carbocycles. The van der Waals surface area contributed by atoms with E-state index >= 15 is 0 Å². The van der Waals surface area contributed by atoms with Crippen molar-refractivity contribution in [1.82, 2.24) is 14.9 Å². The number of carbonyl (C=O) groups is 1. The summed E-state index contributed by atoms with van der Waals surface area (Å²) in [4.78, 5) is 28.6. The van der Waals surface area contributed by atoms with Gasteiger partial charge in [0.05, 0.1) is 18.1 Å². The molecule has 0 spiro atoms. The van der Waals surface area contributed by atoms with Gasteiger partial charge in [0.25, 0.3) is 0 Å². The zero-order chi connectivity index (χ0) is 17.9. The third-order valence-electron chi connectivity index (χ3n) is 6.32. The molecule has 0 atom stereocenters. The quantitative estimate of drug-likeness (QED) is 0.832. The third-order valence-corrected chi connectivity index (χ3v) is 6.32. The molecule has 3 saturated heterocycles. The molecule has 26 heavy (non-hydrogen) atoms. The molecule has 0 radical (unpaired) electrons. The lowest BCUT2D eigenvalue weighted by atomic mass is 9.92. The van der Waals surface area contributed by atoms with Crippen molar-refractivity contribution >= 4 is 17.5 Å². The maximum atomic E-state index is 12.8. The lowest BCUT2D eigenvalue weighted by Gasteiger charge is -2.37. The fourth-order valence-corrected chi connectivity index (χ4v) is 4.43. The number of amides is 1. The molecule has 4 rings (SSSR count). The highest BCUT2D eigenvalue weighted by atomic mass is 16.2. The van der Waals surface area contributed by atoms with E-state index in [0.29, 0.717) is 5.91 Å². The van der Waals surface area contributed by atoms with Crippen LogP contribution in [0, 0.1) is 11.8 Å². The van der Waals surface area contributed by atoms with E-state index in [2.05, 4.69) is 31.6 Å². The van der Waals surface area contributed by atoms with E-state index in [1.165, 1.54) is 12.8 Å². The number of hydrogen-bond acceptors (Lipinski definition) is 5. The van der Waals surface area contributed by atoms with Gasteiger partial charge in [0, 0.05) is 45.2 Å². The van der Waals surface area contributed by atoms with E-state index in [4.69, 9.17) is 0 Å². The van der Waals surface area contributed by atoms with Gasteiger partial charge in [-0.25, -0.2) is 9.97 Å². The van der Waals surface area contributed by atoms with Gasteiger partial charge in [-0.05, 0) is 44.4 Å². The summed E-state index contributed by atoms with van der Waals surface area (Å²) in [6.45, 7) is 8.18. The average molecular weight is 358 g/mol. The van der Waals surface area contributed by atoms with E-state index in [0.717, 1.165) is 82.5 Å². The van der Waals surface area contributed by atoms with Crippen LogP contribution in [0.15, 0.2) is 12.4 Å². The second-order valence-electron chi connectivity index (χ2n) is 8.20. The standard InChI is InChI=1S/C20H31N5O/c1-16-4-10-24(11-5-16)19(26)17-6-12-23(13-7-17)18-14-21-20(22-15-18)25-8-2-3-9-25/h14-17H,2-13H2,1H3. The summed E-state index contributed by atoms with van der Waals surface area (Å²) in [6, 6.07) is 0. The first-order chi connectivity index (χ1) is 12.7. The highest BCUT2D eigenvalue weighted by Crippen LogP contribution is 2.26. The molecule has 1 amide bonds. The van der Waals surface area contributed by atoms with Gasteiger partial charge in [0.1, 0.15) is 0 Å². The van der Waals surface area contributed by atoms with Gasteiger partial charge in [-0.3, -0.25) is 4.79 Å². The number of rotatable bonds is 3. The van der Waals surface area contributed by atoms with Crippen molar-refractivity contribution in [3.63, 3.8) is 0 Å². The zero-order valence-corrected chi connectivity index (χ0v) is 15.9. The maximum Gasteiger partial charge on any atom is 0.225 e. The molecular formula is C20H31N5O. The van der Waals surface area contributed by atoms with Crippen LogP contribution in [0.3, 0.4) is 0 Å². The molecule has 3 aliphatic heterocycles. The van der Waals surface area contributed by atoms with Crippen molar-refractivity contribution in [3.05, 3.63) is 12.4 Å². The Bertz CT molecular complexity index is 597. The molecule has 1 aromatic heterocycles. The van der Waals surface area contributed by atoms with Crippen LogP contribution in [0.25, 0.3) is 0 Å². The summed E-state index contributed by atoms with van der Waals surface area (Å²) in [5.74, 6) is 2.21. The Morgan fingerprint density at radius 2 is 1.50 bits per heavy atom. The molecule has 6 nitrogen and oxygen atoms in total. The summed E-state index contributed by atoms with van der Waals surface area (Å²) in [7, 11) is 0. The summed E-state index contributed by atoms with van der Waals surface area (Å²) in [5.41, 5.74) is 1.09. The minimum atomic E-state index is 0.199. The van der Waals surface area contributed by atoms with Crippen molar-refractivity contribution in [1.29, 1.82) is 0 Å². The molecule has 3 fully saturated rings. The first kappa shape index (κ1) is 17.6. The summed E-state index contributed by atoms with van der Waals surface area (Å²) >= 11 is 0. The first-order valence-corrected chi connectivity index (χ1v) is 10.3. The molecule has 3 aliphatic rings. The number of likely N-dealkylation sites (tertiary alicyclic amines) is 1. The van der Waals surface area contributed by atoms with Crippen LogP contribution < -0.4 is 9.80 Å². The van der Waals surface area contributed by atoms with Crippen LogP contribution in [0.4, 0.5) is 11.6 Å². The zero-order valence-electron chi connectivity index (χ0n) is 15.9. The van der Waals surface area contributed by atoms with Crippen molar-refractivity contribution in [2.75, 3.05) is 49.1 Å². The van der Waals surface area contributed by atoms with Gasteiger partial charge in [-0.2, -0.15) is 0 Å². The number of aromatic nitrogens is 2. The molecule has 142 valence electrons. The SMILES string of the molecule is CC1CCN(C(=O)C2CCN(c3cnc(N4CCCC4)nc3)CC2)CC1. The number of carbonyl (C=O) groups excluding carboxylic acids is 1. The van der Waals surface area contributed by atoms with Gasteiger partial charge in [-0.15, -0.1) is 0 Å². The van der Waals surface area contributed by atoms with Crippen LogP contribution in [-0.4, -0.2) is 60.0 Å². The summed E-state index contributed by atoms with van der Waals surface area (Å²) in [5, 5.41) is 0. The highest BCUT2D eigenvalue weighted by Gasteiger charge is 2.30. The number of nitrogens with zero attached hydrogens (tertiary/aromatic N) is 5. The van der Waals surface area contributed by atoms with Crippen LogP contribution in [0.5, 0.6) is 0 Å². The van der Waals surface area contributed by atoms with Crippen molar-refractivity contribution in [2.24, 2.45) is 11.8 Å². The Kier molecular flexibility index (Phi) is 5.27. The molecule has 6 heteroatoms. The molecular weight excluding hydrogens is 326 g/mol. The third kappa shape index (κ3) is 3.79. The fourth-order valence-electron chi connectivity index (χ4n) is 4.43. The molecule has 0 bridgehead atoms. The Hall–Kier alpha value is -1.85. The van der Waals surface area contributed by atoms with E-state index in [1.54, 1.807) is 0 Å². The second kappa shape index (κ2) is 7.80. The fraction of sp³-hybridized carbons (Fsp3) is 0.750. The predicted molar refractivity (Wildman–Crippen MR) is 103 cm³/mol. The molecule has 4 heterocycles. The lowest BCUT2D eigenvalue weighted by Crippen LogP contribution is -2.45. The Morgan fingerprint density at radius 1 is 0.885 bits per heavy atom. The number of anilines is 2. The topological polar surface area (TPSA) is 52.6 Å². The largest absolute Gasteiger partial charge is 0.369 e. The second-order valence-corrected chi connectivity index (χ2v) is 8.20. The summed E-state index contributed by atoms with van der Waals surface area (Å²) in [6.07, 6.45) is 10.6. The molecule has 1 aromatic rings. The van der Waals surface area contributed by atoms with Crippen molar-refractivity contribution < 1.29 is 4.79 Å². The van der Waals surface area contributed by atoms with E-state index in [-0.39, 0.29) is 5.92 Å². The van der Waals surface area contributed by atoms with Gasteiger partial charge in [-0.1, -0.05) is 6.92 Å². The summed E-state index contributed by atoms with van der Waals surface area (Å²) < 4.78 is 0. The van der Waals surface area contributed by atoms with E-state index in [1.807, 2.05) is 12.4 Å². The minimum Gasteiger partial charge on any atom is -0.369 e. The van der Waals surface area contributed by atoms with Crippen molar-refractivity contribution in [3.8, 4) is 0 Å². The minimum absolute atomic E-state index is 0.199. The van der Waals surface area contributed by atoms with Gasteiger partial charge in [0.2, 0.25) is 11.9 Å². The predicted octanol–water partition coefficient (Wildman–Crippen LogP) is 2.55. The Balaban J connectivity index is 1.29. The Labute approximate surface area is 156 Å². The lowest BCUT2D eigenvalue weighted by molar-refractivity contribution is -0.137. The molecule has 0 aromatic carbocycles. The van der Waals surface area contributed by atoms with Gasteiger partial charge >= 0.3 is 0 Å². The first-order valence-electron chi connectivity index (χ1n) is 10.3. The number of piperidine rings is 2. The van der Waals surface area contributed by atoms with Crippen LogP contribution >= 0.6 is 0 Å². The molecule has 0 saturated carbocycles.